The smallest absolute Gasteiger partial charge is 0.309 e. The monoisotopic (exact) mass is 339 g/mol. The zero-order valence-corrected chi connectivity index (χ0v) is 15.4. The summed E-state index contributed by atoms with van der Waals surface area (Å²) in [7, 11) is 0. The van der Waals surface area contributed by atoms with Gasteiger partial charge >= 0.3 is 5.97 Å². The van der Waals surface area contributed by atoms with Crippen LogP contribution < -0.4 is 0 Å². The Morgan fingerprint density at radius 2 is 2.12 bits per heavy atom. The molecule has 0 spiro atoms. The van der Waals surface area contributed by atoms with Crippen molar-refractivity contribution in [3.8, 4) is 0 Å². The van der Waals surface area contributed by atoms with E-state index in [1.807, 2.05) is 0 Å². The number of aromatic nitrogens is 1. The van der Waals surface area contributed by atoms with Crippen LogP contribution in [-0.4, -0.2) is 17.1 Å². The number of rotatable bonds is 3. The average Bonchev–Trinajstić information content (AvgIpc) is 2.93. The van der Waals surface area contributed by atoms with E-state index in [9.17, 15) is 4.79 Å². The number of hydrogen-bond acceptors (Lipinski definition) is 3. The molecule has 25 heavy (non-hydrogen) atoms. The Kier molecular flexibility index (Phi) is 4.66. The van der Waals surface area contributed by atoms with Crippen molar-refractivity contribution in [2.45, 2.75) is 58.5 Å². The molecule has 2 aliphatic carbocycles. The van der Waals surface area contributed by atoms with Crippen LogP contribution in [0.3, 0.4) is 0 Å². The Morgan fingerprint density at radius 1 is 1.28 bits per heavy atom. The van der Waals surface area contributed by atoms with Crippen molar-refractivity contribution >= 4 is 12.0 Å². The van der Waals surface area contributed by atoms with E-state index in [1.54, 1.807) is 0 Å². The van der Waals surface area contributed by atoms with Gasteiger partial charge < -0.3 is 4.74 Å². The van der Waals surface area contributed by atoms with E-state index in [0.717, 1.165) is 24.2 Å². The maximum Gasteiger partial charge on any atom is 0.309 e. The highest BCUT2D eigenvalue weighted by molar-refractivity contribution is 5.75. The van der Waals surface area contributed by atoms with Crippen LogP contribution in [0.15, 0.2) is 24.3 Å². The summed E-state index contributed by atoms with van der Waals surface area (Å²) in [6.07, 6.45) is 11.8. The maximum absolute atomic E-state index is 12.3. The minimum Gasteiger partial charge on any atom is -0.462 e. The molecule has 0 N–H and O–H groups in total. The molecule has 0 radical (unpaired) electrons. The van der Waals surface area contributed by atoms with Gasteiger partial charge in [0.25, 0.3) is 0 Å². The fraction of sp³-hybridized carbons (Fsp3) is 0.636. The molecule has 0 amide bonds. The fourth-order valence-electron chi connectivity index (χ4n) is 5.58. The van der Waals surface area contributed by atoms with E-state index < -0.39 is 0 Å². The maximum atomic E-state index is 12.3. The molecule has 0 bridgehead atoms. The Bertz CT molecular complexity index is 668. The second-order valence-electron chi connectivity index (χ2n) is 8.11. The van der Waals surface area contributed by atoms with Gasteiger partial charge in [0.15, 0.2) is 0 Å². The predicted molar refractivity (Wildman–Crippen MR) is 98.7 cm³/mol. The topological polar surface area (TPSA) is 39.2 Å². The van der Waals surface area contributed by atoms with Crippen molar-refractivity contribution in [1.82, 2.24) is 4.98 Å². The summed E-state index contributed by atoms with van der Waals surface area (Å²) in [4.78, 5) is 17.1. The highest BCUT2D eigenvalue weighted by atomic mass is 16.6. The largest absolute Gasteiger partial charge is 0.462 e. The molecule has 4 rings (SSSR count). The third-order valence-electron chi connectivity index (χ3n) is 6.75. The molecule has 6 atom stereocenters. The van der Waals surface area contributed by atoms with Gasteiger partial charge in [0.2, 0.25) is 0 Å². The second kappa shape index (κ2) is 6.93. The van der Waals surface area contributed by atoms with Gasteiger partial charge in [-0.2, -0.15) is 0 Å². The highest BCUT2D eigenvalue weighted by Crippen LogP contribution is 2.53. The normalized spacial score (nSPS) is 37.6. The summed E-state index contributed by atoms with van der Waals surface area (Å²) in [6.45, 7) is 4.22. The lowest BCUT2D eigenvalue weighted by molar-refractivity contribution is -0.144. The number of carbonyl (C=O) groups excluding carboxylic acids is 1. The molecule has 1 aromatic heterocycles. The number of hydrogen-bond donors (Lipinski definition) is 0. The molecule has 2 heterocycles. The van der Waals surface area contributed by atoms with Gasteiger partial charge in [-0.05, 0) is 62.1 Å². The Labute approximate surface area is 150 Å². The van der Waals surface area contributed by atoms with Gasteiger partial charge in [-0.15, -0.1) is 0 Å². The van der Waals surface area contributed by atoms with Gasteiger partial charge in [-0.1, -0.05) is 38.3 Å². The minimum absolute atomic E-state index is 0.0463. The standard InChI is InChI=1S/C22H29NO2/c1-3-16-8-6-9-17(23-16)11-12-19-18-10-5-4-7-15(18)13-20-21(19)14(2)25-22(20)24/h6,8-9,11-12,14-15,18-21H,3-5,7,10,13H2,1-2H3/b12-11+/t14?,15-,18?,19?,20?,21?/m0/s1. The van der Waals surface area contributed by atoms with E-state index in [0.29, 0.717) is 23.7 Å². The fourth-order valence-corrected chi connectivity index (χ4v) is 5.58. The molecule has 1 aliphatic heterocycles. The van der Waals surface area contributed by atoms with Crippen LogP contribution in [0.5, 0.6) is 0 Å². The molecule has 3 fully saturated rings. The van der Waals surface area contributed by atoms with E-state index in [4.69, 9.17) is 9.72 Å². The second-order valence-corrected chi connectivity index (χ2v) is 8.11. The number of allylic oxidation sites excluding steroid dienone is 1. The molecule has 3 nitrogen and oxygen atoms in total. The van der Waals surface area contributed by atoms with Gasteiger partial charge in [0.05, 0.1) is 11.6 Å². The zero-order chi connectivity index (χ0) is 17.4. The van der Waals surface area contributed by atoms with Gasteiger partial charge in [-0.25, -0.2) is 0 Å². The number of pyridine rings is 1. The highest BCUT2D eigenvalue weighted by Gasteiger charge is 2.53. The zero-order valence-electron chi connectivity index (χ0n) is 15.4. The summed E-state index contributed by atoms with van der Waals surface area (Å²) in [6, 6.07) is 6.24. The number of esters is 1. The Balaban J connectivity index is 1.63. The SMILES string of the molecule is CCc1cccc(/C=C/C2C3C(C)OC(=O)C3C[C@@H]3CCCCC23)n1. The van der Waals surface area contributed by atoms with E-state index in [-0.39, 0.29) is 18.0 Å². The first kappa shape index (κ1) is 16.8. The van der Waals surface area contributed by atoms with Crippen molar-refractivity contribution in [2.75, 3.05) is 0 Å². The summed E-state index contributed by atoms with van der Waals surface area (Å²) >= 11 is 0. The number of aryl methyl sites for hydroxylation is 1. The molecule has 1 saturated heterocycles. The quantitative estimate of drug-likeness (QED) is 0.752. The average molecular weight is 339 g/mol. The lowest BCUT2D eigenvalue weighted by Gasteiger charge is -2.45. The third-order valence-corrected chi connectivity index (χ3v) is 6.75. The first-order valence-electron chi connectivity index (χ1n) is 10.0. The number of nitrogens with zero attached hydrogens (tertiary/aromatic N) is 1. The first-order chi connectivity index (χ1) is 12.2. The number of cyclic esters (lactones) is 1. The van der Waals surface area contributed by atoms with Crippen LogP contribution >= 0.6 is 0 Å². The van der Waals surface area contributed by atoms with Crippen molar-refractivity contribution in [1.29, 1.82) is 0 Å². The summed E-state index contributed by atoms with van der Waals surface area (Å²) in [5, 5.41) is 0. The summed E-state index contributed by atoms with van der Waals surface area (Å²) in [5.41, 5.74) is 2.17. The van der Waals surface area contributed by atoms with Crippen LogP contribution in [0.4, 0.5) is 0 Å². The van der Waals surface area contributed by atoms with E-state index >= 15 is 0 Å². The van der Waals surface area contributed by atoms with E-state index in [1.165, 1.54) is 25.7 Å². The Morgan fingerprint density at radius 3 is 2.96 bits per heavy atom. The van der Waals surface area contributed by atoms with Crippen molar-refractivity contribution in [2.24, 2.45) is 29.6 Å². The van der Waals surface area contributed by atoms with Crippen molar-refractivity contribution in [3.63, 3.8) is 0 Å². The molecule has 3 aliphatic rings. The molecule has 5 unspecified atom stereocenters. The molecule has 2 saturated carbocycles. The van der Waals surface area contributed by atoms with Crippen molar-refractivity contribution in [3.05, 3.63) is 35.7 Å². The Hall–Kier alpha value is -1.64. The van der Waals surface area contributed by atoms with Crippen LogP contribution in [0.2, 0.25) is 0 Å². The molecule has 3 heteroatoms. The number of fused-ring (bicyclic) bond motifs is 2. The third kappa shape index (κ3) is 3.14. The molecular formula is C22H29NO2. The van der Waals surface area contributed by atoms with Gasteiger partial charge in [0, 0.05) is 11.6 Å². The van der Waals surface area contributed by atoms with Crippen LogP contribution in [0.25, 0.3) is 6.08 Å². The molecule has 1 aromatic rings. The first-order valence-corrected chi connectivity index (χ1v) is 10.0. The molecule has 134 valence electrons. The van der Waals surface area contributed by atoms with Crippen LogP contribution in [0.1, 0.15) is 57.3 Å². The van der Waals surface area contributed by atoms with Crippen LogP contribution in [-0.2, 0) is 16.0 Å². The van der Waals surface area contributed by atoms with Crippen LogP contribution in [0, 0.1) is 29.6 Å². The number of carbonyl (C=O) groups is 1. The lowest BCUT2D eigenvalue weighted by atomic mass is 9.57. The van der Waals surface area contributed by atoms with Crippen molar-refractivity contribution < 1.29 is 9.53 Å². The number of ether oxygens (including phenoxy) is 1. The summed E-state index contributed by atoms with van der Waals surface area (Å²) in [5.74, 6) is 2.34. The van der Waals surface area contributed by atoms with Gasteiger partial charge in [-0.3, -0.25) is 9.78 Å². The predicted octanol–water partition coefficient (Wildman–Crippen LogP) is 4.66. The molecule has 0 aromatic carbocycles. The minimum atomic E-state index is 0.0463. The lowest BCUT2D eigenvalue weighted by Crippen LogP contribution is -2.42. The van der Waals surface area contributed by atoms with Gasteiger partial charge in [0.1, 0.15) is 6.10 Å². The molecular weight excluding hydrogens is 310 g/mol. The van der Waals surface area contributed by atoms with E-state index in [2.05, 4.69) is 44.2 Å². The summed E-state index contributed by atoms with van der Waals surface area (Å²) < 4.78 is 5.64.